The van der Waals surface area contributed by atoms with Crippen LogP contribution in [-0.4, -0.2) is 46.8 Å². The van der Waals surface area contributed by atoms with Crippen molar-refractivity contribution in [3.8, 4) is 5.75 Å². The minimum Gasteiger partial charge on any atom is -0.492 e. The second-order valence-electron chi connectivity index (χ2n) is 6.46. The first kappa shape index (κ1) is 23.2. The number of amides is 1. The minimum absolute atomic E-state index is 0.102. The lowest BCUT2D eigenvalue weighted by Gasteiger charge is -2.24. The maximum absolute atomic E-state index is 12.3. The summed E-state index contributed by atoms with van der Waals surface area (Å²) in [7, 11) is -2.28. The maximum atomic E-state index is 12.3. The largest absolute Gasteiger partial charge is 0.492 e. The number of carbonyl (C=O) groups is 2. The molecular formula is C21H26N2O6S. The second-order valence-corrected chi connectivity index (χ2v) is 8.37. The van der Waals surface area contributed by atoms with E-state index in [0.29, 0.717) is 35.7 Å². The molecule has 0 aliphatic heterocycles. The van der Waals surface area contributed by atoms with E-state index in [-0.39, 0.29) is 18.9 Å². The fourth-order valence-corrected chi connectivity index (χ4v) is 3.82. The van der Waals surface area contributed by atoms with Gasteiger partial charge in [-0.2, -0.15) is 0 Å². The molecule has 0 heterocycles. The number of para-hydroxylation sites is 2. The van der Waals surface area contributed by atoms with Crippen LogP contribution in [0.25, 0.3) is 0 Å². The van der Waals surface area contributed by atoms with Crippen molar-refractivity contribution in [3.63, 3.8) is 0 Å². The smallest absolute Gasteiger partial charge is 0.337 e. The van der Waals surface area contributed by atoms with Gasteiger partial charge in [-0.05, 0) is 43.7 Å². The van der Waals surface area contributed by atoms with Crippen molar-refractivity contribution >= 4 is 33.3 Å². The minimum atomic E-state index is -3.56. The van der Waals surface area contributed by atoms with Crippen LogP contribution in [0.3, 0.4) is 0 Å². The van der Waals surface area contributed by atoms with E-state index in [1.165, 1.54) is 17.5 Å². The predicted molar refractivity (Wildman–Crippen MR) is 115 cm³/mol. The summed E-state index contributed by atoms with van der Waals surface area (Å²) in [6.45, 7) is 2.35. The molecule has 2 aromatic rings. The Morgan fingerprint density at radius 2 is 1.83 bits per heavy atom. The average molecular weight is 435 g/mol. The molecule has 0 atom stereocenters. The molecule has 9 heteroatoms. The first-order valence-electron chi connectivity index (χ1n) is 9.44. The first-order valence-corrected chi connectivity index (χ1v) is 11.3. The summed E-state index contributed by atoms with van der Waals surface area (Å²) < 4.78 is 36.1. The fraction of sp³-hybridized carbons (Fsp3) is 0.333. The zero-order valence-electron chi connectivity index (χ0n) is 17.3. The van der Waals surface area contributed by atoms with Crippen molar-refractivity contribution in [3.05, 3.63) is 54.1 Å². The van der Waals surface area contributed by atoms with E-state index >= 15 is 0 Å². The Morgan fingerprint density at radius 1 is 1.10 bits per heavy atom. The fourth-order valence-electron chi connectivity index (χ4n) is 2.85. The number of nitrogens with zero attached hydrogens (tertiary/aromatic N) is 1. The highest BCUT2D eigenvalue weighted by molar-refractivity contribution is 7.92. The Kier molecular flexibility index (Phi) is 8.23. The Hall–Kier alpha value is -3.07. The van der Waals surface area contributed by atoms with Gasteiger partial charge in [0.05, 0.1) is 31.2 Å². The summed E-state index contributed by atoms with van der Waals surface area (Å²) in [5, 5.41) is 2.71. The van der Waals surface area contributed by atoms with Gasteiger partial charge in [-0.25, -0.2) is 13.2 Å². The number of benzene rings is 2. The van der Waals surface area contributed by atoms with E-state index in [0.717, 1.165) is 6.26 Å². The van der Waals surface area contributed by atoms with Gasteiger partial charge in [0.25, 0.3) is 0 Å². The van der Waals surface area contributed by atoms with Crippen LogP contribution in [0.4, 0.5) is 11.4 Å². The number of hydrogen-bond donors (Lipinski definition) is 1. The molecule has 0 unspecified atom stereocenters. The lowest BCUT2D eigenvalue weighted by atomic mass is 10.2. The van der Waals surface area contributed by atoms with Crippen molar-refractivity contribution in [2.24, 2.45) is 0 Å². The van der Waals surface area contributed by atoms with Crippen LogP contribution in [0.5, 0.6) is 5.75 Å². The summed E-state index contributed by atoms with van der Waals surface area (Å²) in [5.41, 5.74) is 1.23. The van der Waals surface area contributed by atoms with E-state index in [1.807, 2.05) is 6.92 Å². The van der Waals surface area contributed by atoms with Gasteiger partial charge in [0.2, 0.25) is 15.9 Å². The molecule has 0 bridgehead atoms. The van der Waals surface area contributed by atoms with E-state index in [9.17, 15) is 18.0 Å². The van der Waals surface area contributed by atoms with Crippen molar-refractivity contribution in [1.29, 1.82) is 0 Å². The van der Waals surface area contributed by atoms with Gasteiger partial charge in [-0.1, -0.05) is 18.2 Å². The van der Waals surface area contributed by atoms with E-state index in [1.54, 1.807) is 42.5 Å². The number of esters is 1. The SMILES string of the molecule is CCOc1ccccc1N(CCCC(=O)Nc1cccc(C(=O)OC)c1)S(C)(=O)=O. The highest BCUT2D eigenvalue weighted by atomic mass is 32.2. The number of sulfonamides is 1. The molecule has 30 heavy (non-hydrogen) atoms. The Balaban J connectivity index is 2.02. The number of ether oxygens (including phenoxy) is 2. The van der Waals surface area contributed by atoms with Crippen LogP contribution in [0.15, 0.2) is 48.5 Å². The van der Waals surface area contributed by atoms with Gasteiger partial charge >= 0.3 is 5.97 Å². The normalized spacial score (nSPS) is 10.9. The molecule has 2 rings (SSSR count). The molecule has 8 nitrogen and oxygen atoms in total. The molecular weight excluding hydrogens is 408 g/mol. The van der Waals surface area contributed by atoms with Crippen LogP contribution in [0, 0.1) is 0 Å². The third-order valence-corrected chi connectivity index (χ3v) is 5.35. The summed E-state index contributed by atoms with van der Waals surface area (Å²) in [5.74, 6) is -0.319. The molecule has 1 amide bonds. The quantitative estimate of drug-likeness (QED) is 0.577. The first-order chi connectivity index (χ1) is 14.3. The second kappa shape index (κ2) is 10.6. The van der Waals surface area contributed by atoms with Gasteiger partial charge in [-0.15, -0.1) is 0 Å². The molecule has 0 aromatic heterocycles. The van der Waals surface area contributed by atoms with Gasteiger partial charge in [0.1, 0.15) is 5.75 Å². The highest BCUT2D eigenvalue weighted by Crippen LogP contribution is 2.30. The van der Waals surface area contributed by atoms with Crippen LogP contribution < -0.4 is 14.4 Å². The number of methoxy groups -OCH3 is 1. The Labute approximate surface area is 176 Å². The van der Waals surface area contributed by atoms with Crippen molar-refractivity contribution in [2.75, 3.05) is 36.1 Å². The van der Waals surface area contributed by atoms with Crippen molar-refractivity contribution in [1.82, 2.24) is 0 Å². The van der Waals surface area contributed by atoms with E-state index in [4.69, 9.17) is 4.74 Å². The molecule has 0 fully saturated rings. The Bertz CT molecular complexity index is 990. The maximum Gasteiger partial charge on any atom is 0.337 e. The summed E-state index contributed by atoms with van der Waals surface area (Å²) in [4.78, 5) is 23.9. The topological polar surface area (TPSA) is 102 Å². The molecule has 1 N–H and O–H groups in total. The summed E-state index contributed by atoms with van der Waals surface area (Å²) in [6, 6.07) is 13.3. The molecule has 0 aliphatic carbocycles. The van der Waals surface area contributed by atoms with Crippen LogP contribution in [0.1, 0.15) is 30.1 Å². The van der Waals surface area contributed by atoms with Gasteiger partial charge < -0.3 is 14.8 Å². The van der Waals surface area contributed by atoms with Gasteiger partial charge in [-0.3, -0.25) is 9.10 Å². The molecule has 0 saturated carbocycles. The lowest BCUT2D eigenvalue weighted by molar-refractivity contribution is -0.116. The third kappa shape index (κ3) is 6.48. The number of rotatable bonds is 10. The lowest BCUT2D eigenvalue weighted by Crippen LogP contribution is -2.31. The zero-order chi connectivity index (χ0) is 22.1. The molecule has 0 spiro atoms. The molecule has 0 radical (unpaired) electrons. The van der Waals surface area contributed by atoms with Gasteiger partial charge in [0.15, 0.2) is 0 Å². The molecule has 0 aliphatic rings. The van der Waals surface area contributed by atoms with Crippen molar-refractivity contribution in [2.45, 2.75) is 19.8 Å². The monoisotopic (exact) mass is 434 g/mol. The number of nitrogens with one attached hydrogen (secondary N) is 1. The average Bonchev–Trinajstić information content (AvgIpc) is 2.71. The highest BCUT2D eigenvalue weighted by Gasteiger charge is 2.21. The molecule has 0 saturated heterocycles. The van der Waals surface area contributed by atoms with Crippen LogP contribution >= 0.6 is 0 Å². The van der Waals surface area contributed by atoms with E-state index in [2.05, 4.69) is 10.1 Å². The summed E-state index contributed by atoms with van der Waals surface area (Å²) in [6.07, 6.45) is 1.52. The van der Waals surface area contributed by atoms with Crippen LogP contribution in [0.2, 0.25) is 0 Å². The molecule has 162 valence electrons. The van der Waals surface area contributed by atoms with Gasteiger partial charge in [0, 0.05) is 18.7 Å². The number of carbonyl (C=O) groups excluding carboxylic acids is 2. The molecule has 2 aromatic carbocycles. The zero-order valence-corrected chi connectivity index (χ0v) is 18.1. The Morgan fingerprint density at radius 3 is 2.50 bits per heavy atom. The van der Waals surface area contributed by atoms with Crippen LogP contribution in [-0.2, 0) is 19.6 Å². The predicted octanol–water partition coefficient (Wildman–Crippen LogP) is 3.06. The number of anilines is 2. The van der Waals surface area contributed by atoms with Crippen molar-refractivity contribution < 1.29 is 27.5 Å². The van der Waals surface area contributed by atoms with E-state index < -0.39 is 16.0 Å². The third-order valence-electron chi connectivity index (χ3n) is 4.17. The number of hydrogen-bond acceptors (Lipinski definition) is 6. The summed E-state index contributed by atoms with van der Waals surface area (Å²) >= 11 is 0. The standard InChI is InChI=1S/C21H26N2O6S/c1-4-29-19-12-6-5-11-18(19)23(30(3,26)27)14-8-13-20(24)22-17-10-7-9-16(15-17)21(25)28-2/h5-7,9-12,15H,4,8,13-14H2,1-3H3,(H,22,24).